The highest BCUT2D eigenvalue weighted by molar-refractivity contribution is 3.84. The van der Waals surface area contributed by atoms with Gasteiger partial charge in [-0.25, -0.2) is 0 Å². The van der Waals surface area contributed by atoms with Gasteiger partial charge in [0.05, 0.1) is 0 Å². The summed E-state index contributed by atoms with van der Waals surface area (Å²) in [6.07, 6.45) is 0. The molecule has 0 aliphatic rings. The highest BCUT2D eigenvalue weighted by atomic mass is 16.2. The Kier molecular flexibility index (Phi) is 1460. The molecule has 0 saturated heterocycles. The topological polar surface area (TPSA) is 20.2 Å². The second-order valence-corrected chi connectivity index (χ2v) is 0.316. The number of hydrogen-bond donors (Lipinski definition) is 1. The first-order valence-corrected chi connectivity index (χ1v) is 1.02. The van der Waals surface area contributed by atoms with Crippen LogP contribution in [0.5, 0.6) is 0 Å². The average molecular weight is 110 g/mol. The normalized spacial score (nSPS) is 2.57. The molecule has 0 amide bonds. The fraction of sp³-hybridized carbons (Fsp3) is 1.00. The highest BCUT2D eigenvalue weighted by Gasteiger charge is 1.34. The smallest absolute Gasteiger partial charge is 0.0402 e. The Morgan fingerprint density at radius 1 is 1.00 bits per heavy atom. The molecule has 1 nitrogen and oxygen atoms in total. The Balaban J connectivity index is -0.00000000333. The third-order valence-electron chi connectivity index (χ3n) is 0. The molecule has 1 heteroatoms. The van der Waals surface area contributed by atoms with Gasteiger partial charge in [-0.05, 0) is 6.92 Å². The van der Waals surface area contributed by atoms with Gasteiger partial charge in [-0.3, -0.25) is 0 Å². The first kappa shape index (κ1) is 64.4. The molecule has 0 fully saturated rings. The van der Waals surface area contributed by atoms with E-state index in [1.54, 1.807) is 6.92 Å². The van der Waals surface area contributed by atoms with Crippen molar-refractivity contribution >= 4 is 0 Å². The van der Waals surface area contributed by atoms with Gasteiger partial charge in [-0.15, -0.1) is 0 Å². The van der Waals surface area contributed by atoms with Crippen LogP contribution >= 0.6 is 0 Å². The van der Waals surface area contributed by atoms with Crippen molar-refractivity contribution in [3.63, 3.8) is 0 Å². The van der Waals surface area contributed by atoms with E-state index in [1.165, 1.54) is 0 Å². The fourth-order valence-electron chi connectivity index (χ4n) is 0. The van der Waals surface area contributed by atoms with Gasteiger partial charge in [0.15, 0.2) is 0 Å². The third kappa shape index (κ3) is 58400. The second-order valence-electron chi connectivity index (χ2n) is 0.316. The lowest BCUT2D eigenvalue weighted by Gasteiger charge is -1.52. The predicted octanol–water partition coefficient (Wildman–Crippen LogP) is 2.54. The molecule has 0 bridgehead atoms. The van der Waals surface area contributed by atoms with E-state index in [1.807, 2.05) is 0 Å². The standard InChI is InChI=1S/C2H6O.4CH4/c1-2-3;;;;/h3H,2H2,1H3;4*1H4. The van der Waals surface area contributed by atoms with Crippen molar-refractivity contribution in [2.45, 2.75) is 36.6 Å². The van der Waals surface area contributed by atoms with Crippen molar-refractivity contribution < 1.29 is 5.11 Å². The quantitative estimate of drug-likeness (QED) is 0.508. The lowest BCUT2D eigenvalue weighted by atomic mass is 10.9. The zero-order valence-electron chi connectivity index (χ0n) is 2.15. The van der Waals surface area contributed by atoms with Gasteiger partial charge in [-0.1, -0.05) is 29.7 Å². The van der Waals surface area contributed by atoms with E-state index in [4.69, 9.17) is 5.11 Å². The van der Waals surface area contributed by atoms with Crippen LogP contribution in [0, 0.1) is 0 Å². The van der Waals surface area contributed by atoms with Crippen molar-refractivity contribution in [2.24, 2.45) is 0 Å². The summed E-state index contributed by atoms with van der Waals surface area (Å²) in [4.78, 5) is 0. The molecule has 0 heterocycles. The highest BCUT2D eigenvalue weighted by Crippen LogP contribution is 1.30. The zero-order chi connectivity index (χ0) is 2.71. The summed E-state index contributed by atoms with van der Waals surface area (Å²) in [5.41, 5.74) is 0. The maximum Gasteiger partial charge on any atom is 0.0402 e. The van der Waals surface area contributed by atoms with E-state index in [0.717, 1.165) is 0 Å². The monoisotopic (exact) mass is 110 g/mol. The molecule has 0 aromatic rings. The Bertz CT molecular complexity index is 4.14. The van der Waals surface area contributed by atoms with Crippen LogP contribution in [0.2, 0.25) is 0 Å². The van der Waals surface area contributed by atoms with Gasteiger partial charge in [-0.2, -0.15) is 0 Å². The largest absolute Gasteiger partial charge is 0.397 e. The summed E-state index contributed by atoms with van der Waals surface area (Å²) in [5, 5.41) is 7.57. The number of aliphatic hydroxyl groups excluding tert-OH is 1. The van der Waals surface area contributed by atoms with E-state index < -0.39 is 0 Å². The molecule has 0 saturated carbocycles. The first-order valence-electron chi connectivity index (χ1n) is 1.02. The number of aliphatic hydroxyl groups is 1. The van der Waals surface area contributed by atoms with E-state index >= 15 is 0 Å². The minimum Gasteiger partial charge on any atom is -0.397 e. The molecule has 0 radical (unpaired) electrons. The van der Waals surface area contributed by atoms with Crippen LogP contribution in [-0.4, -0.2) is 11.7 Å². The molecule has 0 aromatic heterocycles. The third-order valence-corrected chi connectivity index (χ3v) is 0. The van der Waals surface area contributed by atoms with Crippen LogP contribution in [0.1, 0.15) is 36.6 Å². The zero-order valence-corrected chi connectivity index (χ0v) is 2.15. The molecule has 52 valence electrons. The average Bonchev–Trinajstić information content (AvgIpc) is 0.918. The lowest BCUT2D eigenvalue weighted by molar-refractivity contribution is 0.318. The molecule has 0 aromatic carbocycles. The van der Waals surface area contributed by atoms with Crippen LogP contribution in [0.15, 0.2) is 0 Å². The Morgan fingerprint density at radius 2 is 1.00 bits per heavy atom. The molecule has 0 rings (SSSR count). The van der Waals surface area contributed by atoms with E-state index in [2.05, 4.69) is 0 Å². The molecule has 0 spiro atoms. The van der Waals surface area contributed by atoms with Gasteiger partial charge >= 0.3 is 0 Å². The minimum atomic E-state index is 0. The van der Waals surface area contributed by atoms with Crippen molar-refractivity contribution in [3.8, 4) is 0 Å². The van der Waals surface area contributed by atoms with Crippen LogP contribution in [0.3, 0.4) is 0 Å². The van der Waals surface area contributed by atoms with Crippen molar-refractivity contribution in [1.29, 1.82) is 0 Å². The molecule has 0 aliphatic heterocycles. The van der Waals surface area contributed by atoms with Crippen molar-refractivity contribution in [3.05, 3.63) is 0 Å². The molecular formula is C6H22O. The summed E-state index contributed by atoms with van der Waals surface area (Å²) in [7, 11) is 0. The fourth-order valence-corrected chi connectivity index (χ4v) is 0. The van der Waals surface area contributed by atoms with Crippen LogP contribution in [-0.2, 0) is 0 Å². The summed E-state index contributed by atoms with van der Waals surface area (Å²) in [5.74, 6) is 0. The van der Waals surface area contributed by atoms with Gasteiger partial charge in [0.1, 0.15) is 0 Å². The maximum atomic E-state index is 7.57. The number of rotatable bonds is 0. The number of hydrogen-bond acceptors (Lipinski definition) is 1. The molecule has 0 atom stereocenters. The summed E-state index contributed by atoms with van der Waals surface area (Å²) >= 11 is 0. The van der Waals surface area contributed by atoms with Crippen LogP contribution < -0.4 is 0 Å². The SMILES string of the molecule is C.C.C.C.CCO. The Morgan fingerprint density at radius 3 is 1.00 bits per heavy atom. The van der Waals surface area contributed by atoms with E-state index in [9.17, 15) is 0 Å². The summed E-state index contributed by atoms with van der Waals surface area (Å²) in [6.45, 7) is 1.93. The molecule has 0 aliphatic carbocycles. The van der Waals surface area contributed by atoms with Crippen molar-refractivity contribution in [1.82, 2.24) is 0 Å². The van der Waals surface area contributed by atoms with Crippen LogP contribution in [0.25, 0.3) is 0 Å². The predicted molar refractivity (Wildman–Crippen MR) is 39.7 cm³/mol. The summed E-state index contributed by atoms with van der Waals surface area (Å²) < 4.78 is 0. The van der Waals surface area contributed by atoms with Gasteiger partial charge in [0.2, 0.25) is 0 Å². The Labute approximate surface area is 49.4 Å². The second kappa shape index (κ2) is 159. The molecule has 1 N–H and O–H groups in total. The molecule has 7 heavy (non-hydrogen) atoms. The lowest BCUT2D eigenvalue weighted by Crippen LogP contribution is -1.57. The van der Waals surface area contributed by atoms with Crippen LogP contribution in [0.4, 0.5) is 0 Å². The van der Waals surface area contributed by atoms with Gasteiger partial charge in [0, 0.05) is 6.61 Å². The van der Waals surface area contributed by atoms with E-state index in [0.29, 0.717) is 0 Å². The molecular weight excluding hydrogens is 88.1 g/mol. The molecule has 0 unspecified atom stereocenters. The van der Waals surface area contributed by atoms with Gasteiger partial charge < -0.3 is 5.11 Å². The van der Waals surface area contributed by atoms with Gasteiger partial charge in [0.25, 0.3) is 0 Å². The Hall–Kier alpha value is -0.0400. The summed E-state index contributed by atoms with van der Waals surface area (Å²) in [6, 6.07) is 0. The maximum absolute atomic E-state index is 7.57. The first-order chi connectivity index (χ1) is 1.41. The minimum absolute atomic E-state index is 0. The van der Waals surface area contributed by atoms with Crippen molar-refractivity contribution in [2.75, 3.05) is 6.61 Å². The van der Waals surface area contributed by atoms with E-state index in [-0.39, 0.29) is 36.3 Å².